The molecule has 4 heteroatoms. The highest BCUT2D eigenvalue weighted by atomic mass is 35.5. The Labute approximate surface area is 112 Å². The minimum atomic E-state index is 0.193. The van der Waals surface area contributed by atoms with E-state index in [1.165, 1.54) is 0 Å². The SMILES string of the molecule is CC(C)(CN)CCSc1cc(Cl)ccc1Cl. The molecule has 0 fully saturated rings. The van der Waals surface area contributed by atoms with Gasteiger partial charge >= 0.3 is 0 Å². The molecule has 16 heavy (non-hydrogen) atoms. The lowest BCUT2D eigenvalue weighted by molar-refractivity contribution is 0.368. The van der Waals surface area contributed by atoms with Crippen molar-refractivity contribution in [3.63, 3.8) is 0 Å². The smallest absolute Gasteiger partial charge is 0.0542 e. The van der Waals surface area contributed by atoms with E-state index in [9.17, 15) is 0 Å². The highest BCUT2D eigenvalue weighted by Gasteiger charge is 2.15. The first-order valence-electron chi connectivity index (χ1n) is 5.22. The van der Waals surface area contributed by atoms with Crippen LogP contribution in [-0.2, 0) is 0 Å². The molecule has 0 bridgehead atoms. The van der Waals surface area contributed by atoms with Gasteiger partial charge in [-0.3, -0.25) is 0 Å². The van der Waals surface area contributed by atoms with E-state index in [1.54, 1.807) is 17.8 Å². The summed E-state index contributed by atoms with van der Waals surface area (Å²) in [5.74, 6) is 1.00. The van der Waals surface area contributed by atoms with Crippen molar-refractivity contribution >= 4 is 35.0 Å². The first kappa shape index (κ1) is 14.2. The summed E-state index contributed by atoms with van der Waals surface area (Å²) in [6.07, 6.45) is 1.07. The second-order valence-corrected chi connectivity index (χ2v) is 6.52. The van der Waals surface area contributed by atoms with Gasteiger partial charge in [-0.1, -0.05) is 37.0 Å². The highest BCUT2D eigenvalue weighted by molar-refractivity contribution is 7.99. The molecule has 1 aromatic carbocycles. The zero-order valence-electron chi connectivity index (χ0n) is 9.59. The van der Waals surface area contributed by atoms with Crippen LogP contribution < -0.4 is 5.73 Å². The Morgan fingerprint density at radius 2 is 2.00 bits per heavy atom. The number of nitrogens with two attached hydrogens (primary N) is 1. The summed E-state index contributed by atoms with van der Waals surface area (Å²) in [7, 11) is 0. The third-order valence-corrected chi connectivity index (χ3v) is 4.22. The molecule has 0 radical (unpaired) electrons. The molecule has 0 heterocycles. The van der Waals surface area contributed by atoms with Crippen molar-refractivity contribution in [2.75, 3.05) is 12.3 Å². The van der Waals surface area contributed by atoms with E-state index >= 15 is 0 Å². The average Bonchev–Trinajstić information content (AvgIpc) is 2.23. The lowest BCUT2D eigenvalue weighted by Crippen LogP contribution is -2.23. The first-order valence-corrected chi connectivity index (χ1v) is 6.97. The number of halogens is 2. The number of hydrogen-bond acceptors (Lipinski definition) is 2. The summed E-state index contributed by atoms with van der Waals surface area (Å²) in [6.45, 7) is 5.05. The standard InChI is InChI=1S/C12H17Cl2NS/c1-12(2,8-15)5-6-16-11-7-9(13)3-4-10(11)14/h3-4,7H,5-6,8,15H2,1-2H3. The zero-order chi connectivity index (χ0) is 12.2. The summed E-state index contributed by atoms with van der Waals surface area (Å²) in [6, 6.07) is 5.54. The van der Waals surface area contributed by atoms with Crippen molar-refractivity contribution in [3.8, 4) is 0 Å². The number of hydrogen-bond donors (Lipinski definition) is 1. The van der Waals surface area contributed by atoms with Gasteiger partial charge in [0, 0.05) is 9.92 Å². The van der Waals surface area contributed by atoms with E-state index in [0.29, 0.717) is 6.54 Å². The fourth-order valence-electron chi connectivity index (χ4n) is 1.13. The predicted molar refractivity (Wildman–Crippen MR) is 74.6 cm³/mol. The Bertz CT molecular complexity index is 353. The first-order chi connectivity index (χ1) is 7.44. The molecule has 0 aromatic heterocycles. The van der Waals surface area contributed by atoms with E-state index in [-0.39, 0.29) is 5.41 Å². The fourth-order valence-corrected chi connectivity index (χ4v) is 2.94. The monoisotopic (exact) mass is 277 g/mol. The van der Waals surface area contributed by atoms with Crippen molar-refractivity contribution in [2.24, 2.45) is 11.1 Å². The van der Waals surface area contributed by atoms with Crippen molar-refractivity contribution in [1.82, 2.24) is 0 Å². The minimum absolute atomic E-state index is 0.193. The van der Waals surface area contributed by atoms with Gasteiger partial charge in [-0.05, 0) is 42.3 Å². The molecule has 0 aliphatic rings. The van der Waals surface area contributed by atoms with Crippen LogP contribution in [0.15, 0.2) is 23.1 Å². The quantitative estimate of drug-likeness (QED) is 0.805. The lowest BCUT2D eigenvalue weighted by Gasteiger charge is -2.21. The summed E-state index contributed by atoms with van der Waals surface area (Å²) in [5.41, 5.74) is 5.88. The molecular weight excluding hydrogens is 261 g/mol. The van der Waals surface area contributed by atoms with Crippen LogP contribution in [0, 0.1) is 5.41 Å². The van der Waals surface area contributed by atoms with Crippen LogP contribution in [0.2, 0.25) is 10.0 Å². The largest absolute Gasteiger partial charge is 0.330 e. The summed E-state index contributed by atoms with van der Waals surface area (Å²) in [5, 5.41) is 1.49. The van der Waals surface area contributed by atoms with E-state index in [2.05, 4.69) is 13.8 Å². The van der Waals surface area contributed by atoms with Crippen LogP contribution in [0.25, 0.3) is 0 Å². The Morgan fingerprint density at radius 1 is 1.31 bits per heavy atom. The molecular formula is C12H17Cl2NS. The molecule has 1 nitrogen and oxygen atoms in total. The van der Waals surface area contributed by atoms with Gasteiger partial charge in [0.15, 0.2) is 0 Å². The van der Waals surface area contributed by atoms with Gasteiger partial charge in [-0.25, -0.2) is 0 Å². The summed E-state index contributed by atoms with van der Waals surface area (Å²) >= 11 is 13.7. The molecule has 0 saturated heterocycles. The van der Waals surface area contributed by atoms with Crippen molar-refractivity contribution in [2.45, 2.75) is 25.2 Å². The van der Waals surface area contributed by atoms with E-state index in [0.717, 1.165) is 27.1 Å². The molecule has 0 unspecified atom stereocenters. The normalized spacial score (nSPS) is 11.8. The second-order valence-electron chi connectivity index (χ2n) is 4.54. The Kier molecular flexibility index (Phi) is 5.45. The minimum Gasteiger partial charge on any atom is -0.330 e. The van der Waals surface area contributed by atoms with Gasteiger partial charge < -0.3 is 5.73 Å². The van der Waals surface area contributed by atoms with Gasteiger partial charge in [0.1, 0.15) is 0 Å². The Morgan fingerprint density at radius 3 is 2.62 bits per heavy atom. The molecule has 2 N–H and O–H groups in total. The molecule has 0 saturated carbocycles. The Hall–Kier alpha value is 0.110. The lowest BCUT2D eigenvalue weighted by atomic mass is 9.91. The third kappa shape index (κ3) is 4.54. The van der Waals surface area contributed by atoms with Crippen LogP contribution in [-0.4, -0.2) is 12.3 Å². The predicted octanol–water partition coefficient (Wildman–Crippen LogP) is 4.46. The molecule has 1 aromatic rings. The molecule has 90 valence electrons. The fraction of sp³-hybridized carbons (Fsp3) is 0.500. The molecule has 0 amide bonds. The molecule has 0 aliphatic heterocycles. The van der Waals surface area contributed by atoms with Crippen molar-refractivity contribution < 1.29 is 0 Å². The summed E-state index contributed by atoms with van der Waals surface area (Å²) in [4.78, 5) is 1.04. The van der Waals surface area contributed by atoms with Crippen LogP contribution >= 0.6 is 35.0 Å². The van der Waals surface area contributed by atoms with E-state index < -0.39 is 0 Å². The topological polar surface area (TPSA) is 26.0 Å². The van der Waals surface area contributed by atoms with Gasteiger partial charge in [0.05, 0.1) is 5.02 Å². The van der Waals surface area contributed by atoms with Crippen molar-refractivity contribution in [3.05, 3.63) is 28.2 Å². The van der Waals surface area contributed by atoms with Gasteiger partial charge in [0.2, 0.25) is 0 Å². The molecule has 0 aliphatic carbocycles. The maximum atomic E-state index is 6.08. The summed E-state index contributed by atoms with van der Waals surface area (Å²) < 4.78 is 0. The maximum absolute atomic E-state index is 6.08. The molecule has 0 spiro atoms. The number of benzene rings is 1. The third-order valence-electron chi connectivity index (χ3n) is 2.48. The zero-order valence-corrected chi connectivity index (χ0v) is 11.9. The van der Waals surface area contributed by atoms with Gasteiger partial charge in [-0.15, -0.1) is 11.8 Å². The van der Waals surface area contributed by atoms with E-state index in [4.69, 9.17) is 28.9 Å². The van der Waals surface area contributed by atoms with E-state index in [1.807, 2.05) is 12.1 Å². The molecule has 1 rings (SSSR count). The van der Waals surface area contributed by atoms with Gasteiger partial charge in [-0.2, -0.15) is 0 Å². The highest BCUT2D eigenvalue weighted by Crippen LogP contribution is 2.32. The van der Waals surface area contributed by atoms with Crippen molar-refractivity contribution in [1.29, 1.82) is 0 Å². The van der Waals surface area contributed by atoms with Gasteiger partial charge in [0.25, 0.3) is 0 Å². The Balaban J connectivity index is 2.52. The maximum Gasteiger partial charge on any atom is 0.0542 e. The number of rotatable bonds is 5. The van der Waals surface area contributed by atoms with Crippen LogP contribution in [0.5, 0.6) is 0 Å². The second kappa shape index (κ2) is 6.15. The van der Waals surface area contributed by atoms with Crippen LogP contribution in [0.3, 0.4) is 0 Å². The number of thioether (sulfide) groups is 1. The average molecular weight is 278 g/mol. The van der Waals surface area contributed by atoms with Crippen LogP contribution in [0.1, 0.15) is 20.3 Å². The molecule has 0 atom stereocenters. The van der Waals surface area contributed by atoms with Crippen LogP contribution in [0.4, 0.5) is 0 Å².